The van der Waals surface area contributed by atoms with E-state index in [9.17, 15) is 15.0 Å². The fraction of sp³-hybridized carbons (Fsp3) is 0.379. The second-order valence-electron chi connectivity index (χ2n) is 10.8. The van der Waals surface area contributed by atoms with Crippen molar-refractivity contribution in [1.82, 2.24) is 0 Å². The van der Waals surface area contributed by atoms with Gasteiger partial charge in [0.1, 0.15) is 0 Å². The zero-order valence-electron chi connectivity index (χ0n) is 22.5. The summed E-state index contributed by atoms with van der Waals surface area (Å²) < 4.78 is 8.33. The van der Waals surface area contributed by atoms with E-state index in [0.29, 0.717) is 26.2 Å². The third-order valence-corrected chi connectivity index (χ3v) is 9.53. The number of benzene rings is 3. The molecule has 206 valence electrons. The molecule has 37 heavy (non-hydrogen) atoms. The molecule has 0 spiro atoms. The van der Waals surface area contributed by atoms with Gasteiger partial charge in [0, 0.05) is 6.42 Å². The number of rotatable bonds is 5. The van der Waals surface area contributed by atoms with Gasteiger partial charge in [0.25, 0.3) is 8.32 Å². The monoisotopic (exact) mass is 736 g/mol. The van der Waals surface area contributed by atoms with Crippen LogP contribution in [0.4, 0.5) is 0 Å². The number of aliphatic hydroxyl groups excluding tert-OH is 2. The molecule has 0 fully saturated rings. The van der Waals surface area contributed by atoms with Crippen LogP contribution in [0.1, 0.15) is 48.0 Å². The van der Waals surface area contributed by atoms with Crippen molar-refractivity contribution in [3.63, 3.8) is 0 Å². The van der Waals surface area contributed by atoms with Gasteiger partial charge in [-0.1, -0.05) is 133 Å². The fourth-order valence-corrected chi connectivity index (χ4v) is 6.48. The van der Waals surface area contributed by atoms with Gasteiger partial charge in [-0.2, -0.15) is 0 Å². The number of halogens is 2. The van der Waals surface area contributed by atoms with Gasteiger partial charge in [0.2, 0.25) is 0 Å². The van der Waals surface area contributed by atoms with Crippen LogP contribution in [0.25, 0.3) is 0 Å². The Morgan fingerprint density at radius 3 is 1.00 bits per heavy atom. The molecule has 8 heteroatoms. The van der Waals surface area contributed by atoms with Crippen molar-refractivity contribution in [2.45, 2.75) is 60.2 Å². The van der Waals surface area contributed by atoms with Gasteiger partial charge < -0.3 is 15.0 Å². The van der Waals surface area contributed by atoms with Crippen LogP contribution in [0, 0.1) is 10.8 Å². The Morgan fingerprint density at radius 2 is 0.811 bits per heavy atom. The van der Waals surface area contributed by atoms with E-state index in [1.54, 1.807) is 0 Å². The van der Waals surface area contributed by atoms with E-state index in [1.807, 2.05) is 133 Å². The topological polar surface area (TPSA) is 77.8 Å². The predicted octanol–water partition coefficient (Wildman–Crippen LogP) is 4.56. The van der Waals surface area contributed by atoms with Crippen LogP contribution in [0.5, 0.6) is 0 Å². The van der Waals surface area contributed by atoms with Gasteiger partial charge in [-0.05, 0) is 26.4 Å². The van der Waals surface area contributed by atoms with Crippen LogP contribution in [0.2, 0.25) is 0 Å². The second-order valence-corrected chi connectivity index (χ2v) is 14.0. The van der Waals surface area contributed by atoms with Crippen LogP contribution >= 0.6 is 24.8 Å². The molecule has 0 bridgehead atoms. The summed E-state index contributed by atoms with van der Waals surface area (Å²) in [5, 5.41) is 22.6. The van der Waals surface area contributed by atoms with E-state index >= 15 is 0 Å². The van der Waals surface area contributed by atoms with Gasteiger partial charge in [-0.25, -0.2) is 0 Å². The van der Waals surface area contributed by atoms with Crippen molar-refractivity contribution in [2.24, 2.45) is 10.8 Å². The normalized spacial score (nSPS) is 12.7. The fourth-order valence-electron chi connectivity index (χ4n) is 3.46. The van der Waals surface area contributed by atoms with E-state index in [0.717, 1.165) is 15.6 Å². The minimum atomic E-state index is -2.88. The van der Waals surface area contributed by atoms with Crippen LogP contribution in [0.3, 0.4) is 0 Å². The molecule has 3 rings (SSSR count). The first kappa shape index (κ1) is 38.0. The van der Waals surface area contributed by atoms with E-state index in [4.69, 9.17) is 3.40 Å². The van der Waals surface area contributed by atoms with Gasteiger partial charge in [-0.3, -0.25) is 0 Å². The molecular weight excluding hydrogens is 695 g/mol. The molecule has 3 aromatic carbocycles. The summed E-state index contributed by atoms with van der Waals surface area (Å²) in [5.74, 6) is 0. The summed E-state index contributed by atoms with van der Waals surface area (Å²) in [6, 6.07) is 30.0. The van der Waals surface area contributed by atoms with Crippen LogP contribution in [-0.4, -0.2) is 35.5 Å². The van der Waals surface area contributed by atoms with Crippen LogP contribution in [-0.2, 0) is 23.2 Å². The standard InChI is InChI=1S/C18H16OSi.C11H24O2.2ClH.O.W/c19-20(16-10-4-1-5-11-16,17-12-6-2-7-13-17)18-14-8-3-9-15-18;1-10(2,3)8(12)7-9(13)11(4,5)6;;;;/h1-15,19H;8-9,12-13H,7H2,1-6H3;2*1H;;. The molecule has 2 atom stereocenters. The van der Waals surface area contributed by atoms with Crippen LogP contribution < -0.4 is 15.6 Å². The minimum absolute atomic E-state index is 0. The summed E-state index contributed by atoms with van der Waals surface area (Å²) in [6.07, 6.45) is -0.434. The van der Waals surface area contributed by atoms with E-state index in [2.05, 4.69) is 0 Å². The van der Waals surface area contributed by atoms with Crippen molar-refractivity contribution >= 4 is 48.7 Å². The Morgan fingerprint density at radius 1 is 0.595 bits per heavy atom. The van der Waals surface area contributed by atoms with E-state index < -0.39 is 20.5 Å². The van der Waals surface area contributed by atoms with Gasteiger partial charge in [-0.15, -0.1) is 24.8 Å². The Hall–Kier alpha value is -1.17. The van der Waals surface area contributed by atoms with Crippen molar-refractivity contribution in [3.8, 4) is 0 Å². The Kier molecular flexibility index (Phi) is 17.9. The first-order chi connectivity index (χ1) is 16.4. The first-order valence-electron chi connectivity index (χ1n) is 11.8. The average Bonchev–Trinajstić information content (AvgIpc) is 2.85. The molecule has 3 N–H and O–H groups in total. The van der Waals surface area contributed by atoms with Gasteiger partial charge in [0.15, 0.2) is 0 Å². The first-order valence-corrected chi connectivity index (χ1v) is 14.9. The molecule has 0 saturated heterocycles. The average molecular weight is 737 g/mol. The summed E-state index contributed by atoms with van der Waals surface area (Å²) >= 11 is 0.333. The zero-order valence-corrected chi connectivity index (χ0v) is 28.1. The molecular formula is C29H42Cl2O4SiW. The van der Waals surface area contributed by atoms with Crippen molar-refractivity contribution < 1.29 is 38.2 Å². The van der Waals surface area contributed by atoms with Crippen molar-refractivity contribution in [2.75, 3.05) is 0 Å². The SMILES string of the molecule is CC(C)(C)C(O)CC(O)C(C)(C)C.Cl.Cl.O[Si](c1ccccc1)(c1ccccc1)c1ccccc1.[O]=[W]. The van der Waals surface area contributed by atoms with Crippen molar-refractivity contribution in [1.29, 1.82) is 0 Å². The number of aliphatic hydroxyl groups is 2. The zero-order chi connectivity index (χ0) is 26.7. The second kappa shape index (κ2) is 17.4. The molecule has 0 aliphatic rings. The van der Waals surface area contributed by atoms with Crippen molar-refractivity contribution in [3.05, 3.63) is 91.0 Å². The van der Waals surface area contributed by atoms with E-state index in [-0.39, 0.29) is 35.6 Å². The quantitative estimate of drug-likeness (QED) is 0.266. The summed E-state index contributed by atoms with van der Waals surface area (Å²) in [4.78, 5) is 11.6. The molecule has 0 aliphatic heterocycles. The molecule has 0 amide bonds. The maximum atomic E-state index is 11.6. The van der Waals surface area contributed by atoms with Gasteiger partial charge >= 0.3 is 23.2 Å². The Bertz CT molecular complexity index is 867. The third kappa shape index (κ3) is 11.6. The van der Waals surface area contributed by atoms with Crippen LogP contribution in [0.15, 0.2) is 91.0 Å². The molecule has 0 aromatic heterocycles. The van der Waals surface area contributed by atoms with Gasteiger partial charge in [0.05, 0.1) is 12.2 Å². The molecule has 0 aliphatic carbocycles. The predicted molar refractivity (Wildman–Crippen MR) is 157 cm³/mol. The molecule has 4 nitrogen and oxygen atoms in total. The molecule has 3 aromatic rings. The Balaban J connectivity index is 0. The van der Waals surface area contributed by atoms with E-state index in [1.165, 1.54) is 0 Å². The molecule has 0 saturated carbocycles. The molecule has 0 heterocycles. The summed E-state index contributed by atoms with van der Waals surface area (Å²) in [7, 11) is -2.88. The summed E-state index contributed by atoms with van der Waals surface area (Å²) in [5.41, 5.74) is -0.293. The number of hydrogen-bond donors (Lipinski definition) is 3. The third-order valence-electron chi connectivity index (χ3n) is 6.02. The molecule has 0 radical (unpaired) electrons. The molecule has 2 unspecified atom stereocenters. The maximum absolute atomic E-state index is 11.6. The number of hydrogen-bond acceptors (Lipinski definition) is 4. The Labute approximate surface area is 247 Å². The summed E-state index contributed by atoms with van der Waals surface area (Å²) in [6.45, 7) is 11.9.